The Kier molecular flexibility index (Phi) is 8.53. The van der Waals surface area contributed by atoms with Crippen LogP contribution in [0.5, 0.6) is 11.5 Å². The molecule has 0 spiro atoms. The fourth-order valence-electron chi connectivity index (χ4n) is 5.32. The number of para-hydroxylation sites is 1. The molecule has 10 nitrogen and oxygen atoms in total. The van der Waals surface area contributed by atoms with Gasteiger partial charge in [0, 0.05) is 41.7 Å². The summed E-state index contributed by atoms with van der Waals surface area (Å²) in [5.41, 5.74) is 2.33. The summed E-state index contributed by atoms with van der Waals surface area (Å²) < 4.78 is 19.1. The lowest BCUT2D eigenvalue weighted by Crippen LogP contribution is -2.33. The molecule has 4 aromatic rings. The van der Waals surface area contributed by atoms with E-state index >= 15 is 0 Å². The molecule has 0 aliphatic carbocycles. The average Bonchev–Trinajstić information content (AvgIpc) is 3.63. The van der Waals surface area contributed by atoms with Crippen LogP contribution in [0.1, 0.15) is 56.1 Å². The third-order valence-electron chi connectivity index (χ3n) is 7.23. The molecule has 1 fully saturated rings. The van der Waals surface area contributed by atoms with E-state index in [0.29, 0.717) is 31.8 Å². The SMILES string of the molecule is CCOc1ccc2[nH]c(=O)c(CN(Cc3ccccc3OC)[C@H](CC)c3nnnn3C[C@H]3CCCO3)cc2c1. The molecule has 1 aliphatic rings. The fraction of sp³-hybridized carbons (Fsp3) is 0.448. The van der Waals surface area contributed by atoms with E-state index in [1.807, 2.05) is 60.1 Å². The van der Waals surface area contributed by atoms with Gasteiger partial charge in [-0.25, -0.2) is 4.68 Å². The first-order chi connectivity index (χ1) is 19.1. The van der Waals surface area contributed by atoms with Crippen molar-refractivity contribution in [3.63, 3.8) is 0 Å². The molecule has 5 rings (SSSR count). The summed E-state index contributed by atoms with van der Waals surface area (Å²) in [6, 6.07) is 15.5. The molecule has 2 atom stereocenters. The van der Waals surface area contributed by atoms with E-state index in [4.69, 9.17) is 14.2 Å². The number of ether oxygens (including phenoxy) is 3. The maximum atomic E-state index is 13.2. The molecule has 0 bridgehead atoms. The Hall–Kier alpha value is -3.76. The van der Waals surface area contributed by atoms with Crippen LogP contribution in [0.25, 0.3) is 10.9 Å². The lowest BCUT2D eigenvalue weighted by atomic mass is 10.1. The largest absolute Gasteiger partial charge is 0.496 e. The van der Waals surface area contributed by atoms with Crippen molar-refractivity contribution in [2.75, 3.05) is 20.3 Å². The molecule has 206 valence electrons. The fourth-order valence-corrected chi connectivity index (χ4v) is 5.32. The zero-order valence-electron chi connectivity index (χ0n) is 22.8. The van der Waals surface area contributed by atoms with Crippen molar-refractivity contribution in [2.45, 2.75) is 64.9 Å². The topological polar surface area (TPSA) is 107 Å². The highest BCUT2D eigenvalue weighted by molar-refractivity contribution is 5.80. The zero-order valence-corrected chi connectivity index (χ0v) is 22.8. The molecular formula is C29H36N6O4. The molecule has 39 heavy (non-hydrogen) atoms. The molecule has 0 amide bonds. The number of methoxy groups -OCH3 is 1. The molecule has 0 radical (unpaired) electrons. The number of nitrogens with zero attached hydrogens (tertiary/aromatic N) is 5. The summed E-state index contributed by atoms with van der Waals surface area (Å²) >= 11 is 0. The van der Waals surface area contributed by atoms with Gasteiger partial charge in [-0.15, -0.1) is 5.10 Å². The highest BCUT2D eigenvalue weighted by Gasteiger charge is 2.28. The first kappa shape index (κ1) is 26.8. The summed E-state index contributed by atoms with van der Waals surface area (Å²) in [5, 5.41) is 13.7. The smallest absolute Gasteiger partial charge is 0.252 e. The molecule has 1 saturated heterocycles. The van der Waals surface area contributed by atoms with E-state index in [1.54, 1.807) is 7.11 Å². The van der Waals surface area contributed by atoms with Gasteiger partial charge in [0.05, 0.1) is 32.4 Å². The number of hydrogen-bond acceptors (Lipinski definition) is 8. The summed E-state index contributed by atoms with van der Waals surface area (Å²) in [7, 11) is 1.67. The normalized spacial score (nSPS) is 16.2. The minimum atomic E-state index is -0.142. The third kappa shape index (κ3) is 6.12. The number of aromatic amines is 1. The number of nitrogens with one attached hydrogen (secondary N) is 1. The summed E-state index contributed by atoms with van der Waals surface area (Å²) in [4.78, 5) is 18.5. The highest BCUT2D eigenvalue weighted by atomic mass is 16.5. The van der Waals surface area contributed by atoms with Gasteiger partial charge in [-0.05, 0) is 66.9 Å². The monoisotopic (exact) mass is 532 g/mol. The van der Waals surface area contributed by atoms with Crippen molar-refractivity contribution in [1.29, 1.82) is 0 Å². The Labute approximate surface area is 227 Å². The number of rotatable bonds is 12. The zero-order chi connectivity index (χ0) is 27.2. The minimum Gasteiger partial charge on any atom is -0.496 e. The Morgan fingerprint density at radius 3 is 2.77 bits per heavy atom. The van der Waals surface area contributed by atoms with Crippen molar-refractivity contribution < 1.29 is 14.2 Å². The number of pyridine rings is 1. The predicted octanol–water partition coefficient (Wildman–Crippen LogP) is 4.25. The van der Waals surface area contributed by atoms with Crippen LogP contribution >= 0.6 is 0 Å². The number of H-pyrrole nitrogens is 1. The molecule has 3 heterocycles. The van der Waals surface area contributed by atoms with Crippen molar-refractivity contribution in [3.8, 4) is 11.5 Å². The Morgan fingerprint density at radius 2 is 2.00 bits per heavy atom. The molecule has 10 heteroatoms. The molecule has 1 aliphatic heterocycles. The van der Waals surface area contributed by atoms with Crippen molar-refractivity contribution in [2.24, 2.45) is 0 Å². The maximum absolute atomic E-state index is 13.2. The lowest BCUT2D eigenvalue weighted by molar-refractivity contribution is 0.0887. The number of aromatic nitrogens is 5. The summed E-state index contributed by atoms with van der Waals surface area (Å²) in [6.45, 7) is 6.97. The van der Waals surface area contributed by atoms with Crippen LogP contribution in [0.15, 0.2) is 53.3 Å². The first-order valence-electron chi connectivity index (χ1n) is 13.6. The van der Waals surface area contributed by atoms with Crippen molar-refractivity contribution >= 4 is 10.9 Å². The molecule has 1 N–H and O–H groups in total. The molecule has 0 unspecified atom stereocenters. The van der Waals surface area contributed by atoms with Gasteiger partial charge in [-0.1, -0.05) is 25.1 Å². The Morgan fingerprint density at radius 1 is 1.15 bits per heavy atom. The van der Waals surface area contributed by atoms with Crippen LogP contribution in [0.4, 0.5) is 0 Å². The van der Waals surface area contributed by atoms with Gasteiger partial charge in [-0.2, -0.15) is 0 Å². The first-order valence-corrected chi connectivity index (χ1v) is 13.6. The van der Waals surface area contributed by atoms with Crippen LogP contribution < -0.4 is 15.0 Å². The second kappa shape index (κ2) is 12.4. The van der Waals surface area contributed by atoms with E-state index in [2.05, 4.69) is 32.3 Å². The van der Waals surface area contributed by atoms with Gasteiger partial charge < -0.3 is 19.2 Å². The van der Waals surface area contributed by atoms with E-state index in [-0.39, 0.29) is 17.7 Å². The van der Waals surface area contributed by atoms with Gasteiger partial charge in [0.25, 0.3) is 5.56 Å². The minimum absolute atomic E-state index is 0.107. The number of benzene rings is 2. The third-order valence-corrected chi connectivity index (χ3v) is 7.23. The summed E-state index contributed by atoms with van der Waals surface area (Å²) in [5.74, 6) is 2.33. The van der Waals surface area contributed by atoms with Crippen molar-refractivity contribution in [1.82, 2.24) is 30.1 Å². The van der Waals surface area contributed by atoms with Gasteiger partial charge in [0.1, 0.15) is 11.5 Å². The number of hydrogen-bond donors (Lipinski definition) is 1. The van der Waals surface area contributed by atoms with Gasteiger partial charge in [0.15, 0.2) is 5.82 Å². The van der Waals surface area contributed by atoms with Gasteiger partial charge in [-0.3, -0.25) is 9.69 Å². The van der Waals surface area contributed by atoms with Crippen LogP contribution in [0.2, 0.25) is 0 Å². The standard InChI is InChI=1S/C29H36N6O4/c1-4-26(28-31-32-33-35(28)19-24-10-8-14-39-24)34(17-20-9-6-7-11-27(20)37-3)18-22-15-21-16-23(38-5-2)12-13-25(21)30-29(22)36/h6-7,9,11-13,15-16,24,26H,4-5,8,10,14,17-19H2,1-3H3,(H,30,36)/t24-,26-/m1/s1. The average molecular weight is 533 g/mol. The Bertz CT molecular complexity index is 1450. The van der Waals surface area contributed by atoms with E-state index in [0.717, 1.165) is 59.7 Å². The second-order valence-electron chi connectivity index (χ2n) is 9.80. The lowest BCUT2D eigenvalue weighted by Gasteiger charge is -2.31. The van der Waals surface area contributed by atoms with E-state index in [1.165, 1.54) is 0 Å². The molecule has 0 saturated carbocycles. The molecule has 2 aromatic carbocycles. The molecule has 2 aromatic heterocycles. The van der Waals surface area contributed by atoms with E-state index < -0.39 is 0 Å². The number of fused-ring (bicyclic) bond motifs is 1. The molecular weight excluding hydrogens is 496 g/mol. The predicted molar refractivity (Wildman–Crippen MR) is 148 cm³/mol. The van der Waals surface area contributed by atoms with Crippen LogP contribution in [-0.4, -0.2) is 56.5 Å². The Balaban J connectivity index is 1.52. The number of tetrazole rings is 1. The van der Waals surface area contributed by atoms with Crippen molar-refractivity contribution in [3.05, 3.63) is 75.8 Å². The van der Waals surface area contributed by atoms with Crippen LogP contribution in [0.3, 0.4) is 0 Å². The maximum Gasteiger partial charge on any atom is 0.252 e. The second-order valence-corrected chi connectivity index (χ2v) is 9.80. The highest BCUT2D eigenvalue weighted by Crippen LogP contribution is 2.30. The quantitative estimate of drug-likeness (QED) is 0.289. The van der Waals surface area contributed by atoms with Gasteiger partial charge in [0.2, 0.25) is 0 Å². The van der Waals surface area contributed by atoms with Crippen LogP contribution in [-0.2, 0) is 24.4 Å². The van der Waals surface area contributed by atoms with Crippen LogP contribution in [0, 0.1) is 0 Å². The summed E-state index contributed by atoms with van der Waals surface area (Å²) in [6.07, 6.45) is 2.91. The van der Waals surface area contributed by atoms with E-state index in [9.17, 15) is 4.79 Å². The van der Waals surface area contributed by atoms with Gasteiger partial charge >= 0.3 is 0 Å².